The highest BCUT2D eigenvalue weighted by molar-refractivity contribution is 9.10. The lowest BCUT2D eigenvalue weighted by Crippen LogP contribution is -2.31. The number of nitrogens with one attached hydrogen (secondary N) is 1. The van der Waals surface area contributed by atoms with Gasteiger partial charge in [0.1, 0.15) is 11.5 Å². The van der Waals surface area contributed by atoms with Gasteiger partial charge in [-0.25, -0.2) is 0 Å². The molecule has 1 N–H and O–H groups in total. The molecule has 0 aliphatic carbocycles. The topological polar surface area (TPSA) is 47.6 Å². The second kappa shape index (κ2) is 6.18. The Bertz CT molecular complexity index is 461. The second-order valence-electron chi connectivity index (χ2n) is 4.17. The Labute approximate surface area is 118 Å². The number of hydrogen-bond acceptors (Lipinski definition) is 3. The highest BCUT2D eigenvalue weighted by atomic mass is 79.9. The van der Waals surface area contributed by atoms with Crippen molar-refractivity contribution in [3.63, 3.8) is 0 Å². The fraction of sp³-hybridized carbons (Fsp3) is 0.417. The number of amides is 1. The van der Waals surface area contributed by atoms with E-state index in [1.54, 1.807) is 13.8 Å². The maximum Gasteiger partial charge on any atom is 0.387 e. The second-order valence-corrected chi connectivity index (χ2v) is 6.15. The van der Waals surface area contributed by atoms with Crippen molar-refractivity contribution >= 4 is 27.5 Å². The predicted octanol–water partition coefficient (Wildman–Crippen LogP) is 3.41. The van der Waals surface area contributed by atoms with Crippen LogP contribution in [0.15, 0.2) is 18.2 Å². The summed E-state index contributed by atoms with van der Waals surface area (Å²) in [6, 6.07) is 4.18. The van der Waals surface area contributed by atoms with E-state index in [0.29, 0.717) is 5.75 Å². The number of methoxy groups -OCH3 is 1. The van der Waals surface area contributed by atoms with Crippen LogP contribution in [0.2, 0.25) is 0 Å². The number of halogens is 3. The summed E-state index contributed by atoms with van der Waals surface area (Å²) in [4.78, 5) is 11.8. The largest absolute Gasteiger partial charge is 0.497 e. The van der Waals surface area contributed by atoms with Gasteiger partial charge < -0.3 is 14.8 Å². The molecule has 106 valence electrons. The lowest BCUT2D eigenvalue weighted by atomic mass is 10.2. The van der Waals surface area contributed by atoms with Crippen LogP contribution in [0, 0.1) is 0 Å². The Morgan fingerprint density at radius 2 is 2.05 bits per heavy atom. The molecule has 0 radical (unpaired) electrons. The molecule has 4 nitrogen and oxygen atoms in total. The van der Waals surface area contributed by atoms with Crippen molar-refractivity contribution in [2.24, 2.45) is 0 Å². The van der Waals surface area contributed by atoms with Crippen molar-refractivity contribution in [3.8, 4) is 11.5 Å². The third-order valence-electron chi connectivity index (χ3n) is 2.19. The van der Waals surface area contributed by atoms with E-state index in [1.165, 1.54) is 25.3 Å². The molecule has 0 spiro atoms. The highest BCUT2D eigenvalue weighted by Crippen LogP contribution is 2.31. The first-order chi connectivity index (χ1) is 8.74. The van der Waals surface area contributed by atoms with Gasteiger partial charge in [-0.1, -0.05) is 15.9 Å². The van der Waals surface area contributed by atoms with Crippen LogP contribution in [-0.4, -0.2) is 24.0 Å². The summed E-state index contributed by atoms with van der Waals surface area (Å²) in [5, 5.41) is 2.51. The van der Waals surface area contributed by atoms with E-state index in [-0.39, 0.29) is 17.3 Å². The zero-order valence-corrected chi connectivity index (χ0v) is 12.3. The molecule has 19 heavy (non-hydrogen) atoms. The number of hydrogen-bond donors (Lipinski definition) is 1. The third-order valence-corrected chi connectivity index (χ3v) is 2.55. The SMILES string of the molecule is COc1ccc(OC(F)F)c(NC(=O)C(C)(C)Br)c1. The van der Waals surface area contributed by atoms with Crippen LogP contribution in [0.5, 0.6) is 11.5 Å². The van der Waals surface area contributed by atoms with Gasteiger partial charge in [-0.15, -0.1) is 0 Å². The minimum Gasteiger partial charge on any atom is -0.497 e. The van der Waals surface area contributed by atoms with E-state index in [1.807, 2.05) is 0 Å². The first-order valence-corrected chi connectivity index (χ1v) is 6.16. The number of rotatable bonds is 5. The average Bonchev–Trinajstić information content (AvgIpc) is 2.29. The summed E-state index contributed by atoms with van der Waals surface area (Å²) in [5.74, 6) is -0.0925. The van der Waals surface area contributed by atoms with Crippen molar-refractivity contribution in [2.75, 3.05) is 12.4 Å². The highest BCUT2D eigenvalue weighted by Gasteiger charge is 2.25. The third kappa shape index (κ3) is 4.66. The monoisotopic (exact) mass is 337 g/mol. The molecule has 1 aromatic carbocycles. The van der Waals surface area contributed by atoms with Crippen LogP contribution in [0.1, 0.15) is 13.8 Å². The van der Waals surface area contributed by atoms with Crippen LogP contribution in [0.4, 0.5) is 14.5 Å². The fourth-order valence-electron chi connectivity index (χ4n) is 1.20. The van der Waals surface area contributed by atoms with Crippen molar-refractivity contribution in [1.82, 2.24) is 0 Å². The first-order valence-electron chi connectivity index (χ1n) is 5.37. The van der Waals surface area contributed by atoms with Gasteiger partial charge in [-0.05, 0) is 26.0 Å². The maximum absolute atomic E-state index is 12.3. The van der Waals surface area contributed by atoms with Crippen molar-refractivity contribution in [2.45, 2.75) is 24.8 Å². The number of ether oxygens (including phenoxy) is 2. The number of benzene rings is 1. The first kappa shape index (κ1) is 15.7. The standard InChI is InChI=1S/C12H14BrF2NO3/c1-12(2,13)10(17)16-8-6-7(18-3)4-5-9(8)19-11(14)15/h4-6,11H,1-3H3,(H,16,17). The average molecular weight is 338 g/mol. The maximum atomic E-state index is 12.3. The Kier molecular flexibility index (Phi) is 5.11. The molecule has 1 rings (SSSR count). The zero-order chi connectivity index (χ0) is 14.6. The molecule has 0 heterocycles. The molecule has 1 aromatic rings. The molecule has 0 aliphatic rings. The van der Waals surface area contributed by atoms with E-state index in [2.05, 4.69) is 26.0 Å². The molecule has 0 saturated heterocycles. The molecule has 1 amide bonds. The van der Waals surface area contributed by atoms with Crippen LogP contribution in [0.3, 0.4) is 0 Å². The van der Waals surface area contributed by atoms with E-state index in [9.17, 15) is 13.6 Å². The summed E-state index contributed by atoms with van der Waals surface area (Å²) in [5.41, 5.74) is 0.122. The molecule has 0 atom stereocenters. The van der Waals surface area contributed by atoms with Gasteiger partial charge in [-0.3, -0.25) is 4.79 Å². The summed E-state index contributed by atoms with van der Waals surface area (Å²) < 4.78 is 33.0. The summed E-state index contributed by atoms with van der Waals surface area (Å²) in [6.45, 7) is 0.299. The lowest BCUT2D eigenvalue weighted by Gasteiger charge is -2.18. The van der Waals surface area contributed by atoms with Gasteiger partial charge in [0, 0.05) is 6.07 Å². The quantitative estimate of drug-likeness (QED) is 0.837. The fourth-order valence-corrected chi connectivity index (χ4v) is 1.30. The number of carbonyl (C=O) groups is 1. The van der Waals surface area contributed by atoms with Crippen molar-refractivity contribution < 1.29 is 23.0 Å². The molecule has 0 saturated carbocycles. The smallest absolute Gasteiger partial charge is 0.387 e. The predicted molar refractivity (Wildman–Crippen MR) is 71.3 cm³/mol. The minimum absolute atomic E-state index is 0.122. The van der Waals surface area contributed by atoms with Crippen LogP contribution >= 0.6 is 15.9 Å². The van der Waals surface area contributed by atoms with Gasteiger partial charge in [0.05, 0.1) is 17.1 Å². The van der Waals surface area contributed by atoms with Crippen LogP contribution in [0.25, 0.3) is 0 Å². The van der Waals surface area contributed by atoms with E-state index in [0.717, 1.165) is 0 Å². The Morgan fingerprint density at radius 1 is 1.42 bits per heavy atom. The van der Waals surface area contributed by atoms with E-state index in [4.69, 9.17) is 4.74 Å². The molecule has 0 fully saturated rings. The number of alkyl halides is 3. The van der Waals surface area contributed by atoms with Gasteiger partial charge in [-0.2, -0.15) is 8.78 Å². The van der Waals surface area contributed by atoms with E-state index >= 15 is 0 Å². The van der Waals surface area contributed by atoms with Gasteiger partial charge in [0.15, 0.2) is 0 Å². The Balaban J connectivity index is 3.04. The molecule has 0 aromatic heterocycles. The Hall–Kier alpha value is -1.37. The number of carbonyl (C=O) groups excluding carboxylic acids is 1. The van der Waals surface area contributed by atoms with Crippen molar-refractivity contribution in [1.29, 1.82) is 0 Å². The summed E-state index contributed by atoms with van der Waals surface area (Å²) >= 11 is 3.18. The molecule has 7 heteroatoms. The van der Waals surface area contributed by atoms with Crippen molar-refractivity contribution in [3.05, 3.63) is 18.2 Å². The Morgan fingerprint density at radius 3 is 2.53 bits per heavy atom. The van der Waals surface area contributed by atoms with Crippen LogP contribution in [-0.2, 0) is 4.79 Å². The van der Waals surface area contributed by atoms with Gasteiger partial charge in [0.25, 0.3) is 0 Å². The van der Waals surface area contributed by atoms with Crippen LogP contribution < -0.4 is 14.8 Å². The lowest BCUT2D eigenvalue weighted by molar-refractivity contribution is -0.117. The van der Waals surface area contributed by atoms with Gasteiger partial charge in [0.2, 0.25) is 5.91 Å². The summed E-state index contributed by atoms with van der Waals surface area (Å²) in [6.07, 6.45) is 0. The summed E-state index contributed by atoms with van der Waals surface area (Å²) in [7, 11) is 1.43. The molecule has 0 aliphatic heterocycles. The minimum atomic E-state index is -2.97. The zero-order valence-electron chi connectivity index (χ0n) is 10.7. The number of anilines is 1. The normalized spacial score (nSPS) is 11.3. The van der Waals surface area contributed by atoms with E-state index < -0.39 is 10.9 Å². The molecule has 0 bridgehead atoms. The molecular weight excluding hydrogens is 324 g/mol. The molecular formula is C12H14BrF2NO3. The molecule has 0 unspecified atom stereocenters. The van der Waals surface area contributed by atoms with Gasteiger partial charge >= 0.3 is 6.61 Å².